The van der Waals surface area contributed by atoms with Gasteiger partial charge < -0.3 is 15.0 Å². The monoisotopic (exact) mass is 251 g/mol. The number of hydrogen-bond donors (Lipinski definition) is 2. The van der Waals surface area contributed by atoms with Crippen LogP contribution < -0.4 is 5.32 Å². The molecule has 2 rings (SSSR count). The molecular formula is C14H25N3O. The molecule has 0 amide bonds. The Balaban J connectivity index is 1.98. The van der Waals surface area contributed by atoms with Crippen LogP contribution in [-0.2, 0) is 11.2 Å². The van der Waals surface area contributed by atoms with E-state index in [0.29, 0.717) is 17.9 Å². The molecule has 2 heterocycles. The molecule has 0 aliphatic carbocycles. The standard InChI is InChI=1S/C14H25N3O/c1-3-5-15-13(9-14-16-6-7-17-14)12-4-8-18-10-11(12)2/h6-7,11-13,15H,3-5,8-10H2,1-2H3,(H,16,17). The van der Waals surface area contributed by atoms with E-state index in [-0.39, 0.29) is 0 Å². The Morgan fingerprint density at radius 1 is 1.61 bits per heavy atom. The van der Waals surface area contributed by atoms with E-state index in [4.69, 9.17) is 4.74 Å². The Morgan fingerprint density at radius 3 is 3.17 bits per heavy atom. The first-order chi connectivity index (χ1) is 8.81. The fourth-order valence-corrected chi connectivity index (χ4v) is 2.82. The predicted octanol–water partition coefficient (Wildman–Crippen LogP) is 1.99. The van der Waals surface area contributed by atoms with E-state index in [0.717, 1.165) is 38.4 Å². The molecule has 4 nitrogen and oxygen atoms in total. The van der Waals surface area contributed by atoms with Crippen LogP contribution >= 0.6 is 0 Å². The van der Waals surface area contributed by atoms with E-state index in [1.165, 1.54) is 6.42 Å². The van der Waals surface area contributed by atoms with E-state index in [9.17, 15) is 0 Å². The number of aromatic nitrogens is 2. The highest BCUT2D eigenvalue weighted by Crippen LogP contribution is 2.26. The van der Waals surface area contributed by atoms with Crippen molar-refractivity contribution in [1.29, 1.82) is 0 Å². The zero-order valence-corrected chi connectivity index (χ0v) is 11.5. The van der Waals surface area contributed by atoms with Gasteiger partial charge in [-0.15, -0.1) is 0 Å². The fourth-order valence-electron chi connectivity index (χ4n) is 2.82. The van der Waals surface area contributed by atoms with Crippen LogP contribution in [0.4, 0.5) is 0 Å². The van der Waals surface area contributed by atoms with Gasteiger partial charge in [0.2, 0.25) is 0 Å². The molecule has 0 aromatic carbocycles. The molecule has 4 heteroatoms. The van der Waals surface area contributed by atoms with Gasteiger partial charge in [-0.05, 0) is 31.2 Å². The number of nitrogens with one attached hydrogen (secondary N) is 2. The van der Waals surface area contributed by atoms with Crippen LogP contribution in [0.15, 0.2) is 12.4 Å². The zero-order valence-electron chi connectivity index (χ0n) is 11.5. The molecule has 0 spiro atoms. The van der Waals surface area contributed by atoms with Gasteiger partial charge in [0.15, 0.2) is 0 Å². The minimum absolute atomic E-state index is 0.509. The third kappa shape index (κ3) is 3.56. The Kier molecular flexibility index (Phi) is 5.20. The molecule has 0 radical (unpaired) electrons. The minimum Gasteiger partial charge on any atom is -0.381 e. The molecule has 1 aromatic heterocycles. The number of ether oxygens (including phenoxy) is 1. The van der Waals surface area contributed by atoms with Gasteiger partial charge in [-0.2, -0.15) is 0 Å². The predicted molar refractivity (Wildman–Crippen MR) is 72.5 cm³/mol. The van der Waals surface area contributed by atoms with Crippen LogP contribution in [0, 0.1) is 11.8 Å². The summed E-state index contributed by atoms with van der Waals surface area (Å²) in [5.74, 6) is 2.40. The summed E-state index contributed by atoms with van der Waals surface area (Å²) in [6, 6.07) is 0.509. The highest BCUT2D eigenvalue weighted by Gasteiger charge is 2.29. The maximum atomic E-state index is 5.55. The number of H-pyrrole nitrogens is 1. The normalized spacial score (nSPS) is 26.1. The van der Waals surface area contributed by atoms with Crippen molar-refractivity contribution in [3.63, 3.8) is 0 Å². The largest absolute Gasteiger partial charge is 0.381 e. The van der Waals surface area contributed by atoms with E-state index in [2.05, 4.69) is 29.1 Å². The second-order valence-electron chi connectivity index (χ2n) is 5.31. The van der Waals surface area contributed by atoms with Crippen LogP contribution in [0.25, 0.3) is 0 Å². The summed E-state index contributed by atoms with van der Waals surface area (Å²) in [4.78, 5) is 7.57. The average molecular weight is 251 g/mol. The minimum atomic E-state index is 0.509. The highest BCUT2D eigenvalue weighted by atomic mass is 16.5. The van der Waals surface area contributed by atoms with Gasteiger partial charge >= 0.3 is 0 Å². The fraction of sp³-hybridized carbons (Fsp3) is 0.786. The van der Waals surface area contributed by atoms with E-state index >= 15 is 0 Å². The Labute approximate surface area is 110 Å². The van der Waals surface area contributed by atoms with E-state index in [1.54, 1.807) is 0 Å². The molecule has 1 aliphatic heterocycles. The van der Waals surface area contributed by atoms with Gasteiger partial charge in [0.05, 0.1) is 0 Å². The quantitative estimate of drug-likeness (QED) is 0.813. The van der Waals surface area contributed by atoms with E-state index in [1.807, 2.05) is 12.4 Å². The molecule has 2 N–H and O–H groups in total. The molecule has 0 bridgehead atoms. The molecule has 0 saturated carbocycles. The van der Waals surface area contributed by atoms with Crippen molar-refractivity contribution >= 4 is 0 Å². The summed E-state index contributed by atoms with van der Waals surface area (Å²) in [6.07, 6.45) is 7.05. The molecule has 1 saturated heterocycles. The highest BCUT2D eigenvalue weighted by molar-refractivity contribution is 4.94. The smallest absolute Gasteiger partial charge is 0.107 e. The average Bonchev–Trinajstić information content (AvgIpc) is 2.88. The van der Waals surface area contributed by atoms with Crippen molar-refractivity contribution in [2.45, 2.75) is 39.2 Å². The summed E-state index contributed by atoms with van der Waals surface area (Å²) >= 11 is 0. The van der Waals surface area contributed by atoms with Gasteiger partial charge in [0.1, 0.15) is 5.82 Å². The lowest BCUT2D eigenvalue weighted by atomic mass is 9.82. The topological polar surface area (TPSA) is 49.9 Å². The summed E-state index contributed by atoms with van der Waals surface area (Å²) in [5.41, 5.74) is 0. The third-order valence-electron chi connectivity index (χ3n) is 3.85. The second kappa shape index (κ2) is 6.90. The maximum Gasteiger partial charge on any atom is 0.107 e. The third-order valence-corrected chi connectivity index (χ3v) is 3.85. The van der Waals surface area contributed by atoms with Gasteiger partial charge in [-0.3, -0.25) is 0 Å². The van der Waals surface area contributed by atoms with Crippen LogP contribution in [0.3, 0.4) is 0 Å². The number of aromatic amines is 1. The summed E-state index contributed by atoms with van der Waals surface area (Å²) in [5, 5.41) is 3.69. The lowest BCUT2D eigenvalue weighted by molar-refractivity contribution is 0.0107. The Hall–Kier alpha value is -0.870. The zero-order chi connectivity index (χ0) is 12.8. The first-order valence-electron chi connectivity index (χ1n) is 7.10. The Bertz CT molecular complexity index is 326. The Morgan fingerprint density at radius 2 is 2.50 bits per heavy atom. The van der Waals surface area contributed by atoms with Crippen molar-refractivity contribution < 1.29 is 4.74 Å². The number of imidazole rings is 1. The van der Waals surface area contributed by atoms with E-state index < -0.39 is 0 Å². The lowest BCUT2D eigenvalue weighted by Crippen LogP contribution is -2.44. The second-order valence-corrected chi connectivity index (χ2v) is 5.31. The van der Waals surface area contributed by atoms with Crippen molar-refractivity contribution in [2.75, 3.05) is 19.8 Å². The van der Waals surface area contributed by atoms with Gasteiger partial charge in [-0.1, -0.05) is 13.8 Å². The van der Waals surface area contributed by atoms with Gasteiger partial charge in [0.25, 0.3) is 0 Å². The molecule has 3 unspecified atom stereocenters. The molecular weight excluding hydrogens is 226 g/mol. The van der Waals surface area contributed by atoms with Gasteiger partial charge in [0, 0.05) is 38.1 Å². The summed E-state index contributed by atoms with van der Waals surface area (Å²) in [6.45, 7) is 7.39. The molecule has 18 heavy (non-hydrogen) atoms. The lowest BCUT2D eigenvalue weighted by Gasteiger charge is -2.35. The van der Waals surface area contributed by atoms with Crippen molar-refractivity contribution in [3.8, 4) is 0 Å². The van der Waals surface area contributed by atoms with Gasteiger partial charge in [-0.25, -0.2) is 4.98 Å². The van der Waals surface area contributed by atoms with Crippen LogP contribution in [-0.4, -0.2) is 35.8 Å². The summed E-state index contributed by atoms with van der Waals surface area (Å²) < 4.78 is 5.55. The van der Waals surface area contributed by atoms with Crippen LogP contribution in [0.1, 0.15) is 32.5 Å². The number of rotatable bonds is 6. The molecule has 1 fully saturated rings. The molecule has 1 aromatic rings. The first-order valence-corrected chi connectivity index (χ1v) is 7.10. The summed E-state index contributed by atoms with van der Waals surface area (Å²) in [7, 11) is 0. The van der Waals surface area contributed by atoms with Crippen molar-refractivity contribution in [3.05, 3.63) is 18.2 Å². The van der Waals surface area contributed by atoms with Crippen LogP contribution in [0.2, 0.25) is 0 Å². The van der Waals surface area contributed by atoms with Crippen molar-refractivity contribution in [2.24, 2.45) is 11.8 Å². The van der Waals surface area contributed by atoms with Crippen molar-refractivity contribution in [1.82, 2.24) is 15.3 Å². The van der Waals surface area contributed by atoms with Crippen LogP contribution in [0.5, 0.6) is 0 Å². The molecule has 102 valence electrons. The maximum absolute atomic E-state index is 5.55. The molecule has 1 aliphatic rings. The molecule has 3 atom stereocenters. The number of nitrogens with zero attached hydrogens (tertiary/aromatic N) is 1. The SMILES string of the molecule is CCCNC(Cc1ncc[nH]1)C1CCOCC1C. The first kappa shape index (κ1) is 13.6. The number of hydrogen-bond acceptors (Lipinski definition) is 3.